The zero-order chi connectivity index (χ0) is 19.0. The van der Waals surface area contributed by atoms with E-state index in [2.05, 4.69) is 24.8 Å². The van der Waals surface area contributed by atoms with Crippen molar-refractivity contribution in [3.8, 4) is 11.1 Å². The molecule has 0 nitrogen and oxygen atoms in total. The van der Waals surface area contributed by atoms with Crippen LogP contribution in [-0.4, -0.2) is 0 Å². The summed E-state index contributed by atoms with van der Waals surface area (Å²) in [6.45, 7) is 3.97. The fraction of sp³-hybridized carbons (Fsp3) is 0.417. The number of hydrogen-bond acceptors (Lipinski definition) is 0. The predicted octanol–water partition coefficient (Wildman–Crippen LogP) is 7.26. The Hall–Kier alpha value is -2.03. The molecule has 4 unspecified atom stereocenters. The Morgan fingerprint density at radius 2 is 1.41 bits per heavy atom. The van der Waals surface area contributed by atoms with E-state index in [-0.39, 0.29) is 0 Å². The Balaban J connectivity index is 1.48. The first-order valence-corrected chi connectivity index (χ1v) is 9.92. The highest BCUT2D eigenvalue weighted by Gasteiger charge is 2.35. The summed E-state index contributed by atoms with van der Waals surface area (Å²) in [7, 11) is 0. The molecular weight excluding hydrogens is 345 g/mol. The minimum atomic E-state index is -1.42. The highest BCUT2D eigenvalue weighted by molar-refractivity contribution is 5.64. The molecule has 4 atom stereocenters. The van der Waals surface area contributed by atoms with Crippen molar-refractivity contribution in [2.24, 2.45) is 17.8 Å². The molecule has 0 aromatic heterocycles. The van der Waals surface area contributed by atoms with Gasteiger partial charge in [0.15, 0.2) is 17.5 Å². The normalized spacial score (nSPS) is 27.8. The average Bonchev–Trinajstić information content (AvgIpc) is 2.71. The number of rotatable bonds is 3. The van der Waals surface area contributed by atoms with Crippen molar-refractivity contribution in [2.75, 3.05) is 0 Å². The zero-order valence-electron chi connectivity index (χ0n) is 15.4. The second-order valence-electron chi connectivity index (χ2n) is 8.21. The minimum Gasteiger partial charge on any atom is -0.204 e. The smallest absolute Gasteiger partial charge is 0.194 e. The van der Waals surface area contributed by atoms with E-state index in [4.69, 9.17) is 0 Å². The van der Waals surface area contributed by atoms with Gasteiger partial charge in [0.2, 0.25) is 0 Å². The summed E-state index contributed by atoms with van der Waals surface area (Å²) >= 11 is 0. The number of hydrogen-bond donors (Lipinski definition) is 0. The molecular formula is C24H25F3. The van der Waals surface area contributed by atoms with Crippen molar-refractivity contribution in [1.82, 2.24) is 0 Å². The van der Waals surface area contributed by atoms with E-state index in [0.717, 1.165) is 24.0 Å². The highest BCUT2D eigenvalue weighted by atomic mass is 19.2. The van der Waals surface area contributed by atoms with Crippen LogP contribution >= 0.6 is 0 Å². The third kappa shape index (κ3) is 3.69. The van der Waals surface area contributed by atoms with Crippen molar-refractivity contribution >= 4 is 0 Å². The van der Waals surface area contributed by atoms with E-state index >= 15 is 0 Å². The average molecular weight is 370 g/mol. The van der Waals surface area contributed by atoms with E-state index in [1.165, 1.54) is 44.1 Å². The molecule has 0 aliphatic heterocycles. The first-order valence-electron chi connectivity index (χ1n) is 9.92. The Bertz CT molecular complexity index is 801. The summed E-state index contributed by atoms with van der Waals surface area (Å²) in [5.74, 6) is -0.827. The first-order chi connectivity index (χ1) is 13.0. The second-order valence-corrected chi connectivity index (χ2v) is 8.21. The van der Waals surface area contributed by atoms with Crippen molar-refractivity contribution in [1.29, 1.82) is 0 Å². The van der Waals surface area contributed by atoms with Crippen molar-refractivity contribution in [2.45, 2.75) is 44.4 Å². The minimum absolute atomic E-state index is 0.365. The molecule has 2 aliphatic rings. The topological polar surface area (TPSA) is 0 Å². The van der Waals surface area contributed by atoms with Gasteiger partial charge >= 0.3 is 0 Å². The molecule has 142 valence electrons. The maximum atomic E-state index is 13.5. The van der Waals surface area contributed by atoms with Gasteiger partial charge < -0.3 is 0 Å². The molecule has 0 heterocycles. The van der Waals surface area contributed by atoms with Crippen LogP contribution in [-0.2, 0) is 0 Å². The molecule has 2 aromatic rings. The van der Waals surface area contributed by atoms with Crippen LogP contribution in [0.25, 0.3) is 11.1 Å². The molecule has 0 N–H and O–H groups in total. The molecule has 0 radical (unpaired) electrons. The lowest BCUT2D eigenvalue weighted by molar-refractivity contribution is 0.133. The Kier molecular flexibility index (Phi) is 5.12. The van der Waals surface area contributed by atoms with Crippen LogP contribution in [0.1, 0.15) is 50.0 Å². The van der Waals surface area contributed by atoms with Gasteiger partial charge in [-0.15, -0.1) is 6.58 Å². The maximum Gasteiger partial charge on any atom is 0.194 e. The molecule has 27 heavy (non-hydrogen) atoms. The molecule has 2 saturated carbocycles. The van der Waals surface area contributed by atoms with E-state index in [0.29, 0.717) is 23.0 Å². The fourth-order valence-corrected chi connectivity index (χ4v) is 5.11. The van der Waals surface area contributed by atoms with E-state index in [1.807, 2.05) is 12.1 Å². The third-order valence-electron chi connectivity index (χ3n) is 6.69. The Morgan fingerprint density at radius 3 is 2.07 bits per heavy atom. The quantitative estimate of drug-likeness (QED) is 0.394. The standard InChI is InChI=1S/C24H25F3/c1-2-15-3-4-20-12-19(10-9-18(20)11-15)16-5-7-17(8-6-16)21-13-22(25)24(27)23(26)14-21/h2,5-8,13-15,18-20H,1,3-4,9-12H2. The molecule has 4 rings (SSSR count). The molecule has 0 bridgehead atoms. The van der Waals surface area contributed by atoms with Crippen molar-refractivity contribution in [3.05, 3.63) is 72.1 Å². The van der Waals surface area contributed by atoms with Crippen LogP contribution < -0.4 is 0 Å². The summed E-state index contributed by atoms with van der Waals surface area (Å²) in [4.78, 5) is 0. The predicted molar refractivity (Wildman–Crippen MR) is 103 cm³/mol. The molecule has 0 amide bonds. The monoisotopic (exact) mass is 370 g/mol. The van der Waals surface area contributed by atoms with Crippen molar-refractivity contribution < 1.29 is 13.2 Å². The SMILES string of the molecule is C=CC1CCC2CC(c3ccc(-c4cc(F)c(F)c(F)c4)cc3)CCC2C1. The lowest BCUT2D eigenvalue weighted by Crippen LogP contribution is -2.29. The summed E-state index contributed by atoms with van der Waals surface area (Å²) in [6.07, 6.45) is 9.68. The summed E-state index contributed by atoms with van der Waals surface area (Å²) in [6, 6.07) is 10.0. The van der Waals surface area contributed by atoms with Gasteiger partial charge in [-0.05, 0) is 91.0 Å². The lowest BCUT2D eigenvalue weighted by atomic mass is 9.64. The summed E-state index contributed by atoms with van der Waals surface area (Å²) in [5, 5.41) is 0. The Labute approximate surface area is 159 Å². The summed E-state index contributed by atoms with van der Waals surface area (Å²) in [5.41, 5.74) is 2.37. The third-order valence-corrected chi connectivity index (χ3v) is 6.69. The van der Waals surface area contributed by atoms with Gasteiger partial charge in [0, 0.05) is 0 Å². The van der Waals surface area contributed by atoms with Gasteiger partial charge in [-0.2, -0.15) is 0 Å². The molecule has 3 heteroatoms. The van der Waals surface area contributed by atoms with Crippen molar-refractivity contribution in [3.63, 3.8) is 0 Å². The van der Waals surface area contributed by atoms with Crippen LogP contribution in [0.15, 0.2) is 49.1 Å². The van der Waals surface area contributed by atoms with E-state index < -0.39 is 17.5 Å². The number of allylic oxidation sites excluding steroid dienone is 1. The Morgan fingerprint density at radius 1 is 0.778 bits per heavy atom. The second kappa shape index (κ2) is 7.53. The van der Waals surface area contributed by atoms with Crippen LogP contribution in [0.3, 0.4) is 0 Å². The first kappa shape index (κ1) is 18.3. The fourth-order valence-electron chi connectivity index (χ4n) is 5.11. The maximum absolute atomic E-state index is 13.5. The van der Waals surface area contributed by atoms with Crippen LogP contribution in [0, 0.1) is 35.2 Å². The lowest BCUT2D eigenvalue weighted by Gasteiger charge is -2.41. The molecule has 0 spiro atoms. The molecule has 0 saturated heterocycles. The summed E-state index contributed by atoms with van der Waals surface area (Å²) < 4.78 is 40.1. The van der Waals surface area contributed by atoms with Gasteiger partial charge in [0.1, 0.15) is 0 Å². The van der Waals surface area contributed by atoms with Crippen LogP contribution in [0.5, 0.6) is 0 Å². The van der Waals surface area contributed by atoms with E-state index in [1.54, 1.807) is 0 Å². The van der Waals surface area contributed by atoms with Gasteiger partial charge in [0.25, 0.3) is 0 Å². The molecule has 2 fully saturated rings. The highest BCUT2D eigenvalue weighted by Crippen LogP contribution is 2.47. The zero-order valence-corrected chi connectivity index (χ0v) is 15.4. The van der Waals surface area contributed by atoms with E-state index in [9.17, 15) is 13.2 Å². The van der Waals surface area contributed by atoms with Gasteiger partial charge in [0.05, 0.1) is 0 Å². The van der Waals surface area contributed by atoms with Gasteiger partial charge in [-0.3, -0.25) is 0 Å². The number of benzene rings is 2. The number of halogens is 3. The van der Waals surface area contributed by atoms with Gasteiger partial charge in [-0.25, -0.2) is 13.2 Å². The largest absolute Gasteiger partial charge is 0.204 e. The van der Waals surface area contributed by atoms with Gasteiger partial charge in [-0.1, -0.05) is 30.3 Å². The molecule has 2 aromatic carbocycles. The number of fused-ring (bicyclic) bond motifs is 1. The van der Waals surface area contributed by atoms with Crippen LogP contribution in [0.4, 0.5) is 13.2 Å². The van der Waals surface area contributed by atoms with Crippen LogP contribution in [0.2, 0.25) is 0 Å². The molecule has 2 aliphatic carbocycles.